The minimum absolute atomic E-state index is 0.119. The van der Waals surface area contributed by atoms with E-state index in [9.17, 15) is 13.6 Å². The summed E-state index contributed by atoms with van der Waals surface area (Å²) < 4.78 is 26.2. The van der Waals surface area contributed by atoms with Crippen molar-refractivity contribution in [3.8, 4) is 0 Å². The highest BCUT2D eigenvalue weighted by atomic mass is 19.1. The molecule has 0 aromatic heterocycles. The van der Waals surface area contributed by atoms with Gasteiger partial charge >= 0.3 is 0 Å². The zero-order chi connectivity index (χ0) is 16.8. The first-order valence-corrected chi connectivity index (χ1v) is 8.09. The Balaban J connectivity index is 1.71. The molecule has 0 radical (unpaired) electrons. The number of hydrogen-bond donors (Lipinski definition) is 1. The smallest absolute Gasteiger partial charge is 0.234 e. The first-order chi connectivity index (χ1) is 10.9. The third kappa shape index (κ3) is 6.23. The molecule has 4 nitrogen and oxygen atoms in total. The van der Waals surface area contributed by atoms with Crippen molar-refractivity contribution in [1.29, 1.82) is 0 Å². The second kappa shape index (κ2) is 8.36. The lowest BCUT2D eigenvalue weighted by Crippen LogP contribution is -2.50. The average molecular weight is 325 g/mol. The molecule has 0 aliphatic carbocycles. The van der Waals surface area contributed by atoms with Crippen LogP contribution in [0, 0.1) is 17.6 Å². The van der Waals surface area contributed by atoms with E-state index >= 15 is 0 Å². The fraction of sp³-hybridized carbons (Fsp3) is 0.588. The van der Waals surface area contributed by atoms with Crippen molar-refractivity contribution in [2.24, 2.45) is 5.92 Å². The number of nitrogens with one attached hydrogen (secondary N) is 1. The summed E-state index contributed by atoms with van der Waals surface area (Å²) in [4.78, 5) is 16.5. The molecule has 1 heterocycles. The van der Waals surface area contributed by atoms with Gasteiger partial charge in [0.1, 0.15) is 11.6 Å². The van der Waals surface area contributed by atoms with Crippen LogP contribution >= 0.6 is 0 Å². The van der Waals surface area contributed by atoms with Crippen LogP contribution in [0.25, 0.3) is 0 Å². The molecule has 128 valence electrons. The lowest BCUT2D eigenvalue weighted by Gasteiger charge is -2.35. The van der Waals surface area contributed by atoms with E-state index in [-0.39, 0.29) is 12.5 Å². The van der Waals surface area contributed by atoms with E-state index in [1.807, 2.05) is 0 Å². The molecule has 6 heteroatoms. The highest BCUT2D eigenvalue weighted by molar-refractivity contribution is 5.78. The summed E-state index contributed by atoms with van der Waals surface area (Å²) in [6.07, 6.45) is 0. The van der Waals surface area contributed by atoms with Crippen molar-refractivity contribution >= 4 is 5.91 Å². The average Bonchev–Trinajstić information content (AvgIpc) is 2.46. The Bertz CT molecular complexity index is 508. The summed E-state index contributed by atoms with van der Waals surface area (Å²) in [7, 11) is 0. The summed E-state index contributed by atoms with van der Waals surface area (Å²) >= 11 is 0. The van der Waals surface area contributed by atoms with E-state index in [2.05, 4.69) is 29.0 Å². The van der Waals surface area contributed by atoms with Gasteiger partial charge in [-0.1, -0.05) is 13.8 Å². The molecule has 1 amide bonds. The van der Waals surface area contributed by atoms with Crippen molar-refractivity contribution in [3.05, 3.63) is 35.4 Å². The number of amides is 1. The maximum absolute atomic E-state index is 13.1. The Hall–Kier alpha value is -1.53. The fourth-order valence-corrected chi connectivity index (χ4v) is 2.82. The zero-order valence-electron chi connectivity index (χ0n) is 13.8. The molecule has 1 N–H and O–H groups in total. The Kier molecular flexibility index (Phi) is 6.47. The lowest BCUT2D eigenvalue weighted by atomic mass is 10.2. The maximum atomic E-state index is 13.1. The van der Waals surface area contributed by atoms with E-state index < -0.39 is 11.6 Å². The topological polar surface area (TPSA) is 35.6 Å². The van der Waals surface area contributed by atoms with Gasteiger partial charge in [0.25, 0.3) is 0 Å². The predicted molar refractivity (Wildman–Crippen MR) is 85.9 cm³/mol. The highest BCUT2D eigenvalue weighted by Crippen LogP contribution is 2.08. The van der Waals surface area contributed by atoms with Gasteiger partial charge in [-0.25, -0.2) is 8.78 Å². The third-order valence-corrected chi connectivity index (χ3v) is 3.87. The number of piperazine rings is 1. The van der Waals surface area contributed by atoms with Crippen LogP contribution < -0.4 is 5.32 Å². The van der Waals surface area contributed by atoms with Gasteiger partial charge in [0.05, 0.1) is 6.54 Å². The normalized spacial score (nSPS) is 16.7. The number of carbonyl (C=O) groups is 1. The van der Waals surface area contributed by atoms with E-state index in [4.69, 9.17) is 0 Å². The standard InChI is InChI=1S/C17H25F2N3O/c1-13(2)11-21-3-5-22(6-4-21)12-17(23)20-10-14-7-15(18)9-16(19)8-14/h7-9,13H,3-6,10-12H2,1-2H3,(H,20,23). The molecule has 0 spiro atoms. The monoisotopic (exact) mass is 325 g/mol. The Morgan fingerprint density at radius 3 is 2.22 bits per heavy atom. The fourth-order valence-electron chi connectivity index (χ4n) is 2.82. The first kappa shape index (κ1) is 17.8. The van der Waals surface area contributed by atoms with Gasteiger partial charge in [-0.05, 0) is 23.6 Å². The number of hydrogen-bond acceptors (Lipinski definition) is 3. The number of halogens is 2. The van der Waals surface area contributed by atoms with Crippen LogP contribution in [0.5, 0.6) is 0 Å². The van der Waals surface area contributed by atoms with Crippen molar-refractivity contribution in [3.63, 3.8) is 0 Å². The van der Waals surface area contributed by atoms with Crippen LogP contribution in [0.4, 0.5) is 8.78 Å². The number of benzene rings is 1. The van der Waals surface area contributed by atoms with Gasteiger partial charge in [0.15, 0.2) is 0 Å². The maximum Gasteiger partial charge on any atom is 0.234 e. The molecule has 1 fully saturated rings. The van der Waals surface area contributed by atoms with Crippen LogP contribution in [0.3, 0.4) is 0 Å². The largest absolute Gasteiger partial charge is 0.351 e. The second-order valence-electron chi connectivity index (χ2n) is 6.53. The summed E-state index contributed by atoms with van der Waals surface area (Å²) in [6, 6.07) is 3.28. The second-order valence-corrected chi connectivity index (χ2v) is 6.53. The van der Waals surface area contributed by atoms with E-state index in [1.165, 1.54) is 12.1 Å². The highest BCUT2D eigenvalue weighted by Gasteiger charge is 2.19. The summed E-state index contributed by atoms with van der Waals surface area (Å²) in [5.41, 5.74) is 0.428. The van der Waals surface area contributed by atoms with Crippen LogP contribution in [-0.4, -0.2) is 55.0 Å². The number of rotatable bonds is 6. The molecule has 0 unspecified atom stereocenters. The van der Waals surface area contributed by atoms with Crippen molar-refractivity contribution in [1.82, 2.24) is 15.1 Å². The Morgan fingerprint density at radius 2 is 1.65 bits per heavy atom. The zero-order valence-corrected chi connectivity index (χ0v) is 13.8. The predicted octanol–water partition coefficient (Wildman–Crippen LogP) is 1.85. The molecule has 1 aliphatic rings. The summed E-state index contributed by atoms with van der Waals surface area (Å²) in [5.74, 6) is -0.727. The van der Waals surface area contributed by atoms with Gasteiger partial charge in [-0.2, -0.15) is 0 Å². The van der Waals surface area contributed by atoms with Crippen LogP contribution in [-0.2, 0) is 11.3 Å². The lowest BCUT2D eigenvalue weighted by molar-refractivity contribution is -0.122. The van der Waals surface area contributed by atoms with Crippen molar-refractivity contribution < 1.29 is 13.6 Å². The number of nitrogens with zero attached hydrogens (tertiary/aromatic N) is 2. The minimum atomic E-state index is -0.629. The van der Waals surface area contributed by atoms with Crippen LogP contribution in [0.1, 0.15) is 19.4 Å². The molecule has 1 saturated heterocycles. The Morgan fingerprint density at radius 1 is 1.09 bits per heavy atom. The van der Waals surface area contributed by atoms with Gasteiger partial charge in [-0.15, -0.1) is 0 Å². The van der Waals surface area contributed by atoms with Gasteiger partial charge in [0.2, 0.25) is 5.91 Å². The van der Waals surface area contributed by atoms with Crippen molar-refractivity contribution in [2.45, 2.75) is 20.4 Å². The van der Waals surface area contributed by atoms with Gasteiger partial charge < -0.3 is 10.2 Å². The molecule has 23 heavy (non-hydrogen) atoms. The summed E-state index contributed by atoms with van der Waals surface area (Å²) in [6.45, 7) is 9.65. The van der Waals surface area contributed by atoms with E-state index in [0.717, 1.165) is 38.8 Å². The third-order valence-electron chi connectivity index (χ3n) is 3.87. The molecule has 2 rings (SSSR count). The quantitative estimate of drug-likeness (QED) is 0.867. The SMILES string of the molecule is CC(C)CN1CCN(CC(=O)NCc2cc(F)cc(F)c2)CC1. The van der Waals surface area contributed by atoms with Crippen LogP contribution in [0.15, 0.2) is 18.2 Å². The first-order valence-electron chi connectivity index (χ1n) is 8.09. The van der Waals surface area contributed by atoms with Crippen molar-refractivity contribution in [2.75, 3.05) is 39.3 Å². The van der Waals surface area contributed by atoms with Crippen LogP contribution in [0.2, 0.25) is 0 Å². The molecular weight excluding hydrogens is 300 g/mol. The molecule has 0 bridgehead atoms. The van der Waals surface area contributed by atoms with Gasteiger partial charge in [-0.3, -0.25) is 9.69 Å². The molecule has 1 aromatic rings. The molecule has 0 saturated carbocycles. The van der Waals surface area contributed by atoms with Gasteiger partial charge in [0, 0.05) is 45.3 Å². The number of carbonyl (C=O) groups excluding carboxylic acids is 1. The Labute approximate surface area is 136 Å². The molecule has 1 aliphatic heterocycles. The molecular formula is C17H25F2N3O. The summed E-state index contributed by atoms with van der Waals surface area (Å²) in [5, 5.41) is 2.72. The molecule has 0 atom stereocenters. The minimum Gasteiger partial charge on any atom is -0.351 e. The van der Waals surface area contributed by atoms with E-state index in [0.29, 0.717) is 18.0 Å². The van der Waals surface area contributed by atoms with E-state index in [1.54, 1.807) is 0 Å². The molecule has 1 aromatic carbocycles.